The molecular weight excluding hydrogens is 288 g/mol. The second kappa shape index (κ2) is 8.04. The molecular formula is C12H19ClN2OS2. The van der Waals surface area contributed by atoms with Gasteiger partial charge >= 0.3 is 0 Å². The molecule has 3 nitrogen and oxygen atoms in total. The third kappa shape index (κ3) is 5.18. The molecule has 1 fully saturated rings. The van der Waals surface area contributed by atoms with Crippen LogP contribution >= 0.6 is 35.5 Å². The molecule has 102 valence electrons. The van der Waals surface area contributed by atoms with Gasteiger partial charge in [-0.15, -0.1) is 23.7 Å². The number of carbonyl (C=O) groups is 1. The summed E-state index contributed by atoms with van der Waals surface area (Å²) < 4.78 is 0. The van der Waals surface area contributed by atoms with Crippen molar-refractivity contribution in [2.24, 2.45) is 0 Å². The first-order valence-electron chi connectivity index (χ1n) is 5.87. The number of thioether (sulfide) groups is 1. The molecule has 2 heterocycles. The number of nitrogens with one attached hydrogen (secondary N) is 2. The fraction of sp³-hybridized carbons (Fsp3) is 0.583. The van der Waals surface area contributed by atoms with Crippen molar-refractivity contribution in [3.8, 4) is 0 Å². The van der Waals surface area contributed by atoms with Gasteiger partial charge in [0.2, 0.25) is 5.91 Å². The Labute approximate surface area is 123 Å². The summed E-state index contributed by atoms with van der Waals surface area (Å²) in [5.41, 5.74) is 0. The summed E-state index contributed by atoms with van der Waals surface area (Å²) in [5, 5.41) is 6.36. The van der Waals surface area contributed by atoms with Crippen LogP contribution < -0.4 is 10.6 Å². The Balaban J connectivity index is 0.00000162. The first-order chi connectivity index (χ1) is 8.24. The van der Waals surface area contributed by atoms with Crippen molar-refractivity contribution in [3.05, 3.63) is 21.9 Å². The first-order valence-corrected chi connectivity index (χ1v) is 7.84. The number of halogens is 1. The maximum absolute atomic E-state index is 11.7. The summed E-state index contributed by atoms with van der Waals surface area (Å²) >= 11 is 3.66. The highest BCUT2D eigenvalue weighted by atomic mass is 35.5. The molecule has 1 unspecified atom stereocenters. The molecule has 6 heteroatoms. The highest BCUT2D eigenvalue weighted by Crippen LogP contribution is 2.15. The second-order valence-electron chi connectivity index (χ2n) is 4.22. The van der Waals surface area contributed by atoms with Crippen molar-refractivity contribution in [2.45, 2.75) is 25.9 Å². The van der Waals surface area contributed by atoms with Crippen molar-refractivity contribution >= 4 is 41.4 Å². The molecule has 0 saturated carbocycles. The smallest absolute Gasteiger partial charge is 0.221 e. The molecule has 1 saturated heterocycles. The van der Waals surface area contributed by atoms with Crippen molar-refractivity contribution in [1.29, 1.82) is 0 Å². The summed E-state index contributed by atoms with van der Waals surface area (Å²) in [5.74, 6) is 2.36. The van der Waals surface area contributed by atoms with Gasteiger partial charge in [-0.25, -0.2) is 0 Å². The van der Waals surface area contributed by atoms with Crippen LogP contribution in [0.1, 0.15) is 16.2 Å². The molecule has 0 aromatic carbocycles. The molecule has 0 aliphatic carbocycles. The molecule has 18 heavy (non-hydrogen) atoms. The zero-order valence-corrected chi connectivity index (χ0v) is 12.9. The Hall–Kier alpha value is -0.230. The number of aryl methyl sites for hydroxylation is 1. The average molecular weight is 307 g/mol. The Morgan fingerprint density at radius 2 is 2.39 bits per heavy atom. The molecule has 1 aliphatic rings. The van der Waals surface area contributed by atoms with E-state index >= 15 is 0 Å². The predicted molar refractivity (Wildman–Crippen MR) is 81.9 cm³/mol. The van der Waals surface area contributed by atoms with E-state index in [2.05, 4.69) is 29.7 Å². The number of amides is 1. The van der Waals surface area contributed by atoms with Gasteiger partial charge in [-0.1, -0.05) is 0 Å². The van der Waals surface area contributed by atoms with E-state index in [0.29, 0.717) is 19.0 Å². The lowest BCUT2D eigenvalue weighted by molar-refractivity contribution is -0.121. The van der Waals surface area contributed by atoms with Crippen molar-refractivity contribution in [3.63, 3.8) is 0 Å². The largest absolute Gasteiger partial charge is 0.351 e. The van der Waals surface area contributed by atoms with Gasteiger partial charge < -0.3 is 10.6 Å². The van der Waals surface area contributed by atoms with E-state index in [1.54, 1.807) is 11.3 Å². The lowest BCUT2D eigenvalue weighted by atomic mass is 10.2. The molecule has 2 N–H and O–H groups in total. The maximum Gasteiger partial charge on any atom is 0.221 e. The molecule has 2 rings (SSSR count). The molecule has 0 bridgehead atoms. The lowest BCUT2D eigenvalue weighted by Gasteiger charge is -2.22. The molecule has 1 aliphatic heterocycles. The molecule has 0 spiro atoms. The quantitative estimate of drug-likeness (QED) is 0.896. The van der Waals surface area contributed by atoms with Crippen molar-refractivity contribution < 1.29 is 4.79 Å². The molecule has 1 aromatic rings. The minimum absolute atomic E-state index is 0. The lowest BCUT2D eigenvalue weighted by Crippen LogP contribution is -2.41. The van der Waals surface area contributed by atoms with E-state index < -0.39 is 0 Å². The molecule has 0 radical (unpaired) electrons. The molecule has 1 amide bonds. The van der Waals surface area contributed by atoms with E-state index in [-0.39, 0.29) is 18.3 Å². The van der Waals surface area contributed by atoms with E-state index in [0.717, 1.165) is 18.1 Å². The number of carbonyl (C=O) groups excluding carboxylic acids is 1. The zero-order valence-electron chi connectivity index (χ0n) is 10.4. The van der Waals surface area contributed by atoms with E-state index in [1.165, 1.54) is 9.75 Å². The summed E-state index contributed by atoms with van der Waals surface area (Å²) in [6.45, 7) is 3.77. The van der Waals surface area contributed by atoms with Crippen LogP contribution in [0.3, 0.4) is 0 Å². The highest BCUT2D eigenvalue weighted by molar-refractivity contribution is 7.99. The fourth-order valence-corrected chi connectivity index (χ4v) is 3.59. The highest BCUT2D eigenvalue weighted by Gasteiger charge is 2.16. The van der Waals surface area contributed by atoms with Crippen LogP contribution in [-0.2, 0) is 11.3 Å². The third-order valence-electron chi connectivity index (χ3n) is 2.69. The molecule has 1 aromatic heterocycles. The zero-order chi connectivity index (χ0) is 12.1. The Kier molecular flexibility index (Phi) is 7.07. The van der Waals surface area contributed by atoms with Crippen LogP contribution in [0.25, 0.3) is 0 Å². The van der Waals surface area contributed by atoms with Gasteiger partial charge in [0.15, 0.2) is 0 Å². The van der Waals surface area contributed by atoms with Crippen LogP contribution in [0, 0.1) is 6.92 Å². The summed E-state index contributed by atoms with van der Waals surface area (Å²) in [7, 11) is 0. The predicted octanol–water partition coefficient (Wildman–Crippen LogP) is 2.19. The Morgan fingerprint density at radius 3 is 3.00 bits per heavy atom. The topological polar surface area (TPSA) is 41.1 Å². The van der Waals surface area contributed by atoms with Crippen molar-refractivity contribution in [2.75, 3.05) is 18.1 Å². The van der Waals surface area contributed by atoms with Gasteiger partial charge in [0.1, 0.15) is 0 Å². The van der Waals surface area contributed by atoms with E-state index in [4.69, 9.17) is 0 Å². The van der Waals surface area contributed by atoms with Crippen LogP contribution in [0.15, 0.2) is 12.1 Å². The minimum atomic E-state index is 0. The van der Waals surface area contributed by atoms with Gasteiger partial charge in [-0.05, 0) is 19.1 Å². The monoisotopic (exact) mass is 306 g/mol. The number of thiophene rings is 1. The van der Waals surface area contributed by atoms with Gasteiger partial charge in [-0.3, -0.25) is 4.79 Å². The standard InChI is InChI=1S/C12H18N2OS2.ClH/c1-9-2-3-11(17-9)7-14-12(15)6-10-8-16-5-4-13-10;/h2-3,10,13H,4-8H2,1H3,(H,14,15);1H. The van der Waals surface area contributed by atoms with Crippen LogP contribution in [0.2, 0.25) is 0 Å². The summed E-state index contributed by atoms with van der Waals surface area (Å²) in [4.78, 5) is 14.3. The molecule has 1 atom stereocenters. The van der Waals surface area contributed by atoms with Crippen LogP contribution in [0.5, 0.6) is 0 Å². The van der Waals surface area contributed by atoms with Gasteiger partial charge in [-0.2, -0.15) is 11.8 Å². The number of hydrogen-bond acceptors (Lipinski definition) is 4. The van der Waals surface area contributed by atoms with Gasteiger partial charge in [0.05, 0.1) is 6.54 Å². The summed E-state index contributed by atoms with van der Waals surface area (Å²) in [6, 6.07) is 4.51. The van der Waals surface area contributed by atoms with Gasteiger partial charge in [0, 0.05) is 40.3 Å². The van der Waals surface area contributed by atoms with E-state index in [9.17, 15) is 4.79 Å². The fourth-order valence-electron chi connectivity index (χ4n) is 1.81. The maximum atomic E-state index is 11.7. The van der Waals surface area contributed by atoms with Crippen LogP contribution in [0.4, 0.5) is 0 Å². The third-order valence-corrected chi connectivity index (χ3v) is 4.82. The summed E-state index contributed by atoms with van der Waals surface area (Å²) in [6.07, 6.45) is 0.595. The average Bonchev–Trinajstić information content (AvgIpc) is 2.74. The SMILES string of the molecule is Cc1ccc(CNC(=O)CC2CSCCN2)s1.Cl. The normalized spacial score (nSPS) is 19.1. The Morgan fingerprint density at radius 1 is 1.56 bits per heavy atom. The Bertz CT molecular complexity index is 378. The van der Waals surface area contributed by atoms with E-state index in [1.807, 2.05) is 11.8 Å². The van der Waals surface area contributed by atoms with Crippen LogP contribution in [-0.4, -0.2) is 30.0 Å². The number of hydrogen-bond donors (Lipinski definition) is 2. The number of rotatable bonds is 4. The second-order valence-corrected chi connectivity index (χ2v) is 6.74. The van der Waals surface area contributed by atoms with Crippen molar-refractivity contribution in [1.82, 2.24) is 10.6 Å². The van der Waals surface area contributed by atoms with Gasteiger partial charge in [0.25, 0.3) is 0 Å². The first kappa shape index (κ1) is 15.8. The minimum Gasteiger partial charge on any atom is -0.351 e.